The SMILES string of the molecule is CC(=O)O[C@H]1CC[C@@]2(C)[C@@H](CC[C@H]3[C@@H]4CCC(O)([C@H](C)c5ccc(C)cn5)C(C)=C4C[C@@H]32)C1. The zero-order chi connectivity index (χ0) is 23.5. The third-order valence-electron chi connectivity index (χ3n) is 10.5. The van der Waals surface area contributed by atoms with Crippen LogP contribution in [0.1, 0.15) is 96.2 Å². The topological polar surface area (TPSA) is 59.4 Å². The largest absolute Gasteiger partial charge is 0.463 e. The summed E-state index contributed by atoms with van der Waals surface area (Å²) in [7, 11) is 0. The summed E-state index contributed by atoms with van der Waals surface area (Å²) in [5, 5.41) is 12.0. The Kier molecular flexibility index (Phi) is 5.75. The first-order chi connectivity index (χ1) is 15.6. The number of ether oxygens (including phenoxy) is 1. The highest BCUT2D eigenvalue weighted by Crippen LogP contribution is 2.65. The van der Waals surface area contributed by atoms with Gasteiger partial charge in [0.1, 0.15) is 6.10 Å². The lowest BCUT2D eigenvalue weighted by Gasteiger charge is -2.54. The second-order valence-corrected chi connectivity index (χ2v) is 12.0. The average molecular weight is 452 g/mol. The fourth-order valence-electron chi connectivity index (χ4n) is 8.44. The maximum atomic E-state index is 12.0. The minimum absolute atomic E-state index is 0.00307. The van der Waals surface area contributed by atoms with Gasteiger partial charge in [-0.25, -0.2) is 0 Å². The summed E-state index contributed by atoms with van der Waals surface area (Å²) in [6.07, 6.45) is 10.8. The molecule has 0 saturated heterocycles. The lowest BCUT2D eigenvalue weighted by Crippen LogP contribution is -2.47. The van der Waals surface area contributed by atoms with Crippen LogP contribution in [0.2, 0.25) is 0 Å². The van der Waals surface area contributed by atoms with Crippen molar-refractivity contribution in [1.29, 1.82) is 0 Å². The highest BCUT2D eigenvalue weighted by Gasteiger charge is 2.58. The van der Waals surface area contributed by atoms with E-state index < -0.39 is 5.60 Å². The molecule has 4 aliphatic rings. The van der Waals surface area contributed by atoms with E-state index in [9.17, 15) is 9.90 Å². The molecule has 0 aliphatic heterocycles. The molecule has 0 aromatic carbocycles. The monoisotopic (exact) mass is 451 g/mol. The van der Waals surface area contributed by atoms with Crippen molar-refractivity contribution in [3.63, 3.8) is 0 Å². The van der Waals surface area contributed by atoms with Gasteiger partial charge in [-0.15, -0.1) is 0 Å². The van der Waals surface area contributed by atoms with Crippen LogP contribution in [-0.2, 0) is 9.53 Å². The molecular formula is C29H41NO3. The molecule has 8 atom stereocenters. The van der Waals surface area contributed by atoms with Gasteiger partial charge in [0, 0.05) is 24.7 Å². The van der Waals surface area contributed by atoms with Gasteiger partial charge in [-0.3, -0.25) is 9.78 Å². The van der Waals surface area contributed by atoms with Crippen molar-refractivity contribution in [2.45, 2.75) is 104 Å². The molecule has 0 amide bonds. The Morgan fingerprint density at radius 1 is 1.18 bits per heavy atom. The van der Waals surface area contributed by atoms with E-state index >= 15 is 0 Å². The summed E-state index contributed by atoms with van der Waals surface area (Å²) in [5.41, 5.74) is 4.47. The van der Waals surface area contributed by atoms with Gasteiger partial charge in [-0.2, -0.15) is 0 Å². The fourth-order valence-corrected chi connectivity index (χ4v) is 8.44. The molecule has 0 spiro atoms. The van der Waals surface area contributed by atoms with Crippen LogP contribution < -0.4 is 0 Å². The summed E-state index contributed by atoms with van der Waals surface area (Å²) in [6.45, 7) is 10.5. The standard InChI is InChI=1S/C29H41NO3/c1-17-6-9-27(30-16-17)19(3)29(32)13-11-23-24-8-7-21-14-22(33-20(4)31)10-12-28(21,5)26(24)15-25(23)18(29)2/h6,9,16,19,21-24,26,32H,7-8,10-15H2,1-5H3/t19-,21+,22+,23+,24+,26+,28+,29?/m1/s1. The van der Waals surface area contributed by atoms with Gasteiger partial charge >= 0.3 is 5.97 Å². The number of nitrogens with zero attached hydrogens (tertiary/aromatic N) is 1. The molecule has 1 unspecified atom stereocenters. The van der Waals surface area contributed by atoms with Crippen molar-refractivity contribution >= 4 is 5.97 Å². The number of hydrogen-bond donors (Lipinski definition) is 1. The zero-order valence-corrected chi connectivity index (χ0v) is 21.1. The Balaban J connectivity index is 1.41. The third kappa shape index (κ3) is 3.68. The number of pyridine rings is 1. The molecule has 1 aromatic heterocycles. The van der Waals surface area contributed by atoms with E-state index in [0.717, 1.165) is 55.7 Å². The second kappa shape index (κ2) is 8.22. The van der Waals surface area contributed by atoms with E-state index in [2.05, 4.69) is 44.8 Å². The molecule has 4 aliphatic carbocycles. The molecule has 5 rings (SSSR count). The minimum Gasteiger partial charge on any atom is -0.463 e. The van der Waals surface area contributed by atoms with Crippen LogP contribution in [-0.4, -0.2) is 27.8 Å². The van der Waals surface area contributed by atoms with Crippen LogP contribution in [0.3, 0.4) is 0 Å². The quantitative estimate of drug-likeness (QED) is 0.444. The van der Waals surface area contributed by atoms with E-state index in [4.69, 9.17) is 4.74 Å². The lowest BCUT2D eigenvalue weighted by molar-refractivity contribution is -0.154. The molecule has 4 nitrogen and oxygen atoms in total. The smallest absolute Gasteiger partial charge is 0.302 e. The van der Waals surface area contributed by atoms with Gasteiger partial charge in [0.25, 0.3) is 0 Å². The number of allylic oxidation sites excluding steroid dienone is 1. The van der Waals surface area contributed by atoms with E-state index in [1.54, 1.807) is 5.57 Å². The Labute approximate surface area is 199 Å². The maximum absolute atomic E-state index is 12.0. The Bertz CT molecular complexity index is 952. The van der Waals surface area contributed by atoms with Crippen molar-refractivity contribution in [2.75, 3.05) is 0 Å². The molecule has 0 radical (unpaired) electrons. The van der Waals surface area contributed by atoms with E-state index in [1.807, 2.05) is 6.20 Å². The lowest BCUT2D eigenvalue weighted by atomic mass is 9.52. The predicted molar refractivity (Wildman–Crippen MR) is 130 cm³/mol. The Morgan fingerprint density at radius 3 is 2.67 bits per heavy atom. The second-order valence-electron chi connectivity index (χ2n) is 12.0. The highest BCUT2D eigenvalue weighted by atomic mass is 16.5. The van der Waals surface area contributed by atoms with Crippen molar-refractivity contribution in [2.24, 2.45) is 29.1 Å². The van der Waals surface area contributed by atoms with Crippen molar-refractivity contribution < 1.29 is 14.6 Å². The molecule has 33 heavy (non-hydrogen) atoms. The van der Waals surface area contributed by atoms with Crippen LogP contribution in [0.5, 0.6) is 0 Å². The van der Waals surface area contributed by atoms with E-state index in [1.165, 1.54) is 25.3 Å². The third-order valence-corrected chi connectivity index (χ3v) is 10.5. The van der Waals surface area contributed by atoms with Crippen LogP contribution in [0.25, 0.3) is 0 Å². The van der Waals surface area contributed by atoms with Gasteiger partial charge in [0.05, 0.1) is 5.60 Å². The molecule has 0 bridgehead atoms. The summed E-state index contributed by atoms with van der Waals surface area (Å²) < 4.78 is 5.62. The number of esters is 1. The normalized spacial score (nSPS) is 41.1. The molecule has 180 valence electrons. The molecule has 3 fully saturated rings. The van der Waals surface area contributed by atoms with E-state index in [-0.39, 0.29) is 18.0 Å². The minimum atomic E-state index is -0.797. The molecule has 1 heterocycles. The predicted octanol–water partition coefficient (Wildman–Crippen LogP) is 6.12. The first kappa shape index (κ1) is 23.1. The number of fused-ring (bicyclic) bond motifs is 5. The molecule has 4 heteroatoms. The maximum Gasteiger partial charge on any atom is 0.302 e. The van der Waals surface area contributed by atoms with Gasteiger partial charge in [-0.1, -0.05) is 25.5 Å². The van der Waals surface area contributed by atoms with E-state index in [0.29, 0.717) is 23.2 Å². The zero-order valence-electron chi connectivity index (χ0n) is 21.1. The van der Waals surface area contributed by atoms with Crippen molar-refractivity contribution in [3.8, 4) is 0 Å². The molecule has 1 aromatic rings. The fraction of sp³-hybridized carbons (Fsp3) is 0.724. The van der Waals surface area contributed by atoms with Crippen molar-refractivity contribution in [3.05, 3.63) is 40.7 Å². The highest BCUT2D eigenvalue weighted by molar-refractivity contribution is 5.66. The van der Waals surface area contributed by atoms with Crippen molar-refractivity contribution in [1.82, 2.24) is 4.98 Å². The average Bonchev–Trinajstić information content (AvgIpc) is 3.17. The van der Waals surface area contributed by atoms with Crippen LogP contribution in [0.4, 0.5) is 0 Å². The first-order valence-electron chi connectivity index (χ1n) is 13.2. The molecule has 1 N–H and O–H groups in total. The number of aliphatic hydroxyl groups is 1. The number of hydrogen-bond acceptors (Lipinski definition) is 4. The number of carbonyl (C=O) groups excluding carboxylic acids is 1. The summed E-state index contributed by atoms with van der Waals surface area (Å²) in [6, 6.07) is 4.19. The number of aryl methyl sites for hydroxylation is 1. The first-order valence-corrected chi connectivity index (χ1v) is 13.2. The van der Waals surface area contributed by atoms with Gasteiger partial charge in [0.2, 0.25) is 0 Å². The summed E-state index contributed by atoms with van der Waals surface area (Å²) >= 11 is 0. The molecule has 3 saturated carbocycles. The van der Waals surface area contributed by atoms with Gasteiger partial charge < -0.3 is 9.84 Å². The van der Waals surface area contributed by atoms with Crippen LogP contribution in [0.15, 0.2) is 29.5 Å². The molecular weight excluding hydrogens is 410 g/mol. The summed E-state index contributed by atoms with van der Waals surface area (Å²) in [5.74, 6) is 2.58. The number of aromatic nitrogens is 1. The number of rotatable bonds is 3. The van der Waals surface area contributed by atoms with Gasteiger partial charge in [-0.05, 0) is 112 Å². The Morgan fingerprint density at radius 2 is 1.97 bits per heavy atom. The van der Waals surface area contributed by atoms with Crippen LogP contribution in [0, 0.1) is 36.0 Å². The van der Waals surface area contributed by atoms with Gasteiger partial charge in [0.15, 0.2) is 0 Å². The Hall–Kier alpha value is -1.68. The van der Waals surface area contributed by atoms with Crippen LogP contribution >= 0.6 is 0 Å². The number of carbonyl (C=O) groups is 1. The summed E-state index contributed by atoms with van der Waals surface area (Å²) in [4.78, 5) is 16.2.